The molecule has 0 aliphatic carbocycles. The molecule has 2 aliphatic rings. The largest absolute Gasteiger partial charge is 0.484 e. The van der Waals surface area contributed by atoms with E-state index in [1.165, 1.54) is 12.1 Å². The molecule has 2 aliphatic heterocycles. The number of halogens is 1. The topological polar surface area (TPSA) is 38.8 Å². The summed E-state index contributed by atoms with van der Waals surface area (Å²) in [4.78, 5) is 14.8. The maximum Gasteiger partial charge on any atom is 0.187 e. The van der Waals surface area contributed by atoms with Crippen molar-refractivity contribution in [2.24, 2.45) is 5.92 Å². The molecule has 0 bridgehead atoms. The summed E-state index contributed by atoms with van der Waals surface area (Å²) in [6, 6.07) is 13.5. The lowest BCUT2D eigenvalue weighted by Crippen LogP contribution is -2.49. The van der Waals surface area contributed by atoms with Crippen LogP contribution in [0, 0.1) is 11.7 Å². The van der Waals surface area contributed by atoms with E-state index < -0.39 is 0 Å². The molecule has 0 saturated carbocycles. The van der Waals surface area contributed by atoms with Crippen molar-refractivity contribution in [2.75, 3.05) is 19.7 Å². The number of fused-ring (bicyclic) bond motifs is 1. The SMILES string of the molecule is O=C(c1ccc(F)cc1)C1CCN(C2COc3ccccc3O2)CC1. The van der Waals surface area contributed by atoms with Crippen LogP contribution in [-0.4, -0.2) is 36.6 Å². The van der Waals surface area contributed by atoms with Gasteiger partial charge in [0.2, 0.25) is 0 Å². The number of ketones is 1. The number of rotatable bonds is 3. The molecule has 0 aromatic heterocycles. The minimum absolute atomic E-state index is 0.0153. The highest BCUT2D eigenvalue weighted by Crippen LogP contribution is 2.33. The second-order valence-electron chi connectivity index (χ2n) is 6.51. The molecule has 1 fully saturated rings. The van der Waals surface area contributed by atoms with Crippen molar-refractivity contribution in [2.45, 2.75) is 19.1 Å². The minimum Gasteiger partial charge on any atom is -0.484 e. The first-order valence-electron chi connectivity index (χ1n) is 8.63. The van der Waals surface area contributed by atoms with Crippen molar-refractivity contribution >= 4 is 5.78 Å². The fraction of sp³-hybridized carbons (Fsp3) is 0.350. The average molecular weight is 341 g/mol. The lowest BCUT2D eigenvalue weighted by Gasteiger charge is -2.38. The van der Waals surface area contributed by atoms with Gasteiger partial charge in [-0.3, -0.25) is 9.69 Å². The lowest BCUT2D eigenvalue weighted by atomic mass is 9.89. The average Bonchev–Trinajstić information content (AvgIpc) is 2.68. The molecule has 0 amide bonds. The number of hydrogen-bond donors (Lipinski definition) is 0. The van der Waals surface area contributed by atoms with Crippen LogP contribution >= 0.6 is 0 Å². The summed E-state index contributed by atoms with van der Waals surface area (Å²) < 4.78 is 24.8. The summed E-state index contributed by atoms with van der Waals surface area (Å²) >= 11 is 0. The highest BCUT2D eigenvalue weighted by Gasteiger charge is 2.32. The van der Waals surface area contributed by atoms with Crippen molar-refractivity contribution in [3.05, 3.63) is 59.9 Å². The number of ether oxygens (including phenoxy) is 2. The van der Waals surface area contributed by atoms with E-state index in [1.54, 1.807) is 12.1 Å². The Morgan fingerprint density at radius 2 is 1.68 bits per heavy atom. The van der Waals surface area contributed by atoms with Crippen LogP contribution in [0.25, 0.3) is 0 Å². The molecule has 2 heterocycles. The van der Waals surface area contributed by atoms with Crippen molar-refractivity contribution in [1.29, 1.82) is 0 Å². The summed E-state index contributed by atoms with van der Waals surface area (Å²) in [6.45, 7) is 2.06. The Morgan fingerprint density at radius 3 is 2.40 bits per heavy atom. The predicted molar refractivity (Wildman–Crippen MR) is 91.4 cm³/mol. The van der Waals surface area contributed by atoms with E-state index in [0.717, 1.165) is 37.4 Å². The van der Waals surface area contributed by atoms with Crippen molar-refractivity contribution < 1.29 is 18.7 Å². The third-order valence-electron chi connectivity index (χ3n) is 4.93. The molecule has 0 spiro atoms. The van der Waals surface area contributed by atoms with Crippen LogP contribution in [0.3, 0.4) is 0 Å². The van der Waals surface area contributed by atoms with Crippen molar-refractivity contribution in [1.82, 2.24) is 4.90 Å². The van der Waals surface area contributed by atoms with Gasteiger partial charge in [0.05, 0.1) is 0 Å². The number of benzene rings is 2. The first kappa shape index (κ1) is 16.1. The summed E-state index contributed by atoms with van der Waals surface area (Å²) in [5.74, 6) is 1.31. The summed E-state index contributed by atoms with van der Waals surface area (Å²) in [6.07, 6.45) is 1.44. The number of Topliss-reactive ketones (excluding diaryl/α,β-unsaturated/α-hetero) is 1. The molecule has 4 nitrogen and oxygen atoms in total. The van der Waals surface area contributed by atoms with Gasteiger partial charge in [0.25, 0.3) is 0 Å². The molecule has 1 unspecified atom stereocenters. The Morgan fingerprint density at radius 1 is 1.00 bits per heavy atom. The summed E-state index contributed by atoms with van der Waals surface area (Å²) in [5, 5.41) is 0. The van der Waals surface area contributed by atoms with Gasteiger partial charge >= 0.3 is 0 Å². The van der Waals surface area contributed by atoms with Gasteiger partial charge in [-0.2, -0.15) is 0 Å². The van der Waals surface area contributed by atoms with E-state index in [1.807, 2.05) is 24.3 Å². The Balaban J connectivity index is 1.36. The Labute approximate surface area is 146 Å². The molecule has 2 aromatic rings. The Hall–Kier alpha value is -2.40. The normalized spacial score (nSPS) is 21.1. The van der Waals surface area contributed by atoms with E-state index in [4.69, 9.17) is 9.47 Å². The monoisotopic (exact) mass is 341 g/mol. The number of carbonyl (C=O) groups is 1. The van der Waals surface area contributed by atoms with Gasteiger partial charge in [-0.05, 0) is 49.2 Å². The molecule has 25 heavy (non-hydrogen) atoms. The minimum atomic E-state index is -0.318. The molecule has 0 N–H and O–H groups in total. The number of likely N-dealkylation sites (tertiary alicyclic amines) is 1. The van der Waals surface area contributed by atoms with E-state index in [2.05, 4.69) is 4.90 Å². The van der Waals surface area contributed by atoms with Crippen LogP contribution in [0.1, 0.15) is 23.2 Å². The first-order valence-corrected chi connectivity index (χ1v) is 8.63. The highest BCUT2D eigenvalue weighted by molar-refractivity contribution is 5.97. The second-order valence-corrected chi connectivity index (χ2v) is 6.51. The second kappa shape index (κ2) is 6.84. The first-order chi connectivity index (χ1) is 12.2. The number of nitrogens with zero attached hydrogens (tertiary/aromatic N) is 1. The van der Waals surface area contributed by atoms with Gasteiger partial charge in [0.1, 0.15) is 12.4 Å². The third kappa shape index (κ3) is 3.37. The van der Waals surface area contributed by atoms with Crippen LogP contribution < -0.4 is 9.47 Å². The van der Waals surface area contributed by atoms with Crippen LogP contribution in [0.4, 0.5) is 4.39 Å². The molecule has 4 rings (SSSR count). The van der Waals surface area contributed by atoms with Crippen LogP contribution in [0.2, 0.25) is 0 Å². The molecule has 2 aromatic carbocycles. The Kier molecular flexibility index (Phi) is 4.40. The number of carbonyl (C=O) groups excluding carboxylic acids is 1. The molecule has 1 saturated heterocycles. The van der Waals surface area contributed by atoms with E-state index >= 15 is 0 Å². The number of para-hydroxylation sites is 2. The van der Waals surface area contributed by atoms with Gasteiger partial charge in [0.15, 0.2) is 23.5 Å². The number of piperidine rings is 1. The molecular formula is C20H20FNO3. The van der Waals surface area contributed by atoms with E-state index in [0.29, 0.717) is 12.2 Å². The van der Waals surface area contributed by atoms with Crippen molar-refractivity contribution in [3.8, 4) is 11.5 Å². The summed E-state index contributed by atoms with van der Waals surface area (Å²) in [7, 11) is 0. The zero-order valence-electron chi connectivity index (χ0n) is 13.9. The lowest BCUT2D eigenvalue weighted by molar-refractivity contribution is -0.0421. The van der Waals surface area contributed by atoms with Crippen LogP contribution in [0.5, 0.6) is 11.5 Å². The maximum atomic E-state index is 13.0. The molecular weight excluding hydrogens is 321 g/mol. The molecule has 0 radical (unpaired) electrons. The standard InChI is InChI=1S/C20H20FNO3/c21-16-7-5-14(6-8-16)20(23)15-9-11-22(12-10-15)19-13-24-17-3-1-2-4-18(17)25-19/h1-8,15,19H,9-13H2. The zero-order chi connectivity index (χ0) is 17.2. The molecule has 130 valence electrons. The predicted octanol–water partition coefficient (Wildman–Crippen LogP) is 3.52. The highest BCUT2D eigenvalue weighted by atomic mass is 19.1. The van der Waals surface area contributed by atoms with Crippen molar-refractivity contribution in [3.63, 3.8) is 0 Å². The van der Waals surface area contributed by atoms with Gasteiger partial charge in [-0.1, -0.05) is 12.1 Å². The summed E-state index contributed by atoms with van der Waals surface area (Å²) in [5.41, 5.74) is 0.589. The van der Waals surface area contributed by atoms with Gasteiger partial charge in [0, 0.05) is 24.6 Å². The van der Waals surface area contributed by atoms with Gasteiger partial charge in [-0.15, -0.1) is 0 Å². The maximum absolute atomic E-state index is 13.0. The zero-order valence-corrected chi connectivity index (χ0v) is 13.9. The van der Waals surface area contributed by atoms with Crippen LogP contribution in [0.15, 0.2) is 48.5 Å². The fourth-order valence-electron chi connectivity index (χ4n) is 3.49. The van der Waals surface area contributed by atoms with E-state index in [-0.39, 0.29) is 23.7 Å². The third-order valence-corrected chi connectivity index (χ3v) is 4.93. The Bertz CT molecular complexity index is 754. The fourth-order valence-corrected chi connectivity index (χ4v) is 3.49. The van der Waals surface area contributed by atoms with E-state index in [9.17, 15) is 9.18 Å². The van der Waals surface area contributed by atoms with Gasteiger partial charge < -0.3 is 9.47 Å². The molecule has 5 heteroatoms. The quantitative estimate of drug-likeness (QED) is 0.801. The number of hydrogen-bond acceptors (Lipinski definition) is 4. The van der Waals surface area contributed by atoms with Crippen LogP contribution in [-0.2, 0) is 0 Å². The molecule has 1 atom stereocenters. The van der Waals surface area contributed by atoms with Gasteiger partial charge in [-0.25, -0.2) is 4.39 Å². The smallest absolute Gasteiger partial charge is 0.187 e.